The molecule has 1 aromatic carbocycles. The minimum absolute atomic E-state index is 0.0351. The third-order valence-corrected chi connectivity index (χ3v) is 6.65. The molecule has 3 atom stereocenters. The van der Waals surface area contributed by atoms with Gasteiger partial charge in [-0.1, -0.05) is 24.3 Å². The monoisotopic (exact) mass is 349 g/mol. The van der Waals surface area contributed by atoms with Gasteiger partial charge >= 0.3 is 0 Å². The molecule has 6 heteroatoms. The van der Waals surface area contributed by atoms with Crippen LogP contribution < -0.4 is 4.74 Å². The Morgan fingerprint density at radius 1 is 1.42 bits per heavy atom. The number of benzene rings is 1. The topological polar surface area (TPSA) is 63.7 Å². The molecule has 24 heavy (non-hydrogen) atoms. The van der Waals surface area contributed by atoms with Crippen LogP contribution in [-0.4, -0.2) is 50.4 Å². The van der Waals surface area contributed by atoms with Crippen molar-refractivity contribution in [3.63, 3.8) is 0 Å². The van der Waals surface area contributed by atoms with E-state index >= 15 is 0 Å². The van der Waals surface area contributed by atoms with E-state index in [4.69, 9.17) is 4.74 Å². The maximum atomic E-state index is 12.9. The summed E-state index contributed by atoms with van der Waals surface area (Å²) in [7, 11) is -1.39. The summed E-state index contributed by atoms with van der Waals surface area (Å²) in [6.45, 7) is 4.11. The van der Waals surface area contributed by atoms with Gasteiger partial charge in [-0.05, 0) is 30.4 Å². The van der Waals surface area contributed by atoms with E-state index in [1.807, 2.05) is 24.3 Å². The van der Waals surface area contributed by atoms with E-state index in [-0.39, 0.29) is 35.3 Å². The number of rotatable bonds is 6. The third kappa shape index (κ3) is 3.34. The molecule has 5 nitrogen and oxygen atoms in total. The normalized spacial score (nSPS) is 27.5. The second-order valence-electron chi connectivity index (χ2n) is 6.53. The van der Waals surface area contributed by atoms with Gasteiger partial charge in [0.15, 0.2) is 9.84 Å². The quantitative estimate of drug-likeness (QED) is 0.737. The number of nitrogens with zero attached hydrogens (tertiary/aromatic N) is 1. The average Bonchev–Trinajstić information content (AvgIpc) is 3.29. The minimum atomic E-state index is -3.02. The predicted molar refractivity (Wildman–Crippen MR) is 92.8 cm³/mol. The summed E-state index contributed by atoms with van der Waals surface area (Å²) in [5.41, 5.74) is 1.05. The Bertz CT molecular complexity index is 743. The van der Waals surface area contributed by atoms with E-state index in [0.717, 1.165) is 17.7 Å². The van der Waals surface area contributed by atoms with Crippen LogP contribution in [-0.2, 0) is 14.6 Å². The maximum Gasteiger partial charge on any atom is 0.226 e. The van der Waals surface area contributed by atoms with E-state index in [2.05, 4.69) is 6.58 Å². The number of sulfone groups is 1. The van der Waals surface area contributed by atoms with Gasteiger partial charge in [0.2, 0.25) is 5.91 Å². The molecule has 1 aliphatic carbocycles. The lowest BCUT2D eigenvalue weighted by atomic mass is 10.1. The molecule has 0 bridgehead atoms. The molecule has 1 saturated heterocycles. The molecule has 3 rings (SSSR count). The molecule has 0 aromatic heterocycles. The van der Waals surface area contributed by atoms with Crippen molar-refractivity contribution in [1.82, 2.24) is 4.90 Å². The van der Waals surface area contributed by atoms with Gasteiger partial charge in [0.1, 0.15) is 5.75 Å². The molecule has 1 aliphatic heterocycles. The average molecular weight is 349 g/mol. The Hall–Kier alpha value is -1.82. The first-order valence-electron chi connectivity index (χ1n) is 8.21. The van der Waals surface area contributed by atoms with Gasteiger partial charge in [0.25, 0.3) is 0 Å². The largest absolute Gasteiger partial charge is 0.496 e. The summed E-state index contributed by atoms with van der Waals surface area (Å²) >= 11 is 0. The number of hydrogen-bond acceptors (Lipinski definition) is 4. The predicted octanol–water partition coefficient (Wildman–Crippen LogP) is 2.00. The zero-order valence-corrected chi connectivity index (χ0v) is 14.7. The first-order valence-corrected chi connectivity index (χ1v) is 10.0. The van der Waals surface area contributed by atoms with Crippen molar-refractivity contribution >= 4 is 15.7 Å². The van der Waals surface area contributed by atoms with Crippen LogP contribution in [0.25, 0.3) is 0 Å². The highest BCUT2D eigenvalue weighted by molar-refractivity contribution is 7.91. The van der Waals surface area contributed by atoms with Crippen LogP contribution >= 0.6 is 0 Å². The van der Waals surface area contributed by atoms with Gasteiger partial charge in [-0.15, -0.1) is 6.58 Å². The lowest BCUT2D eigenvalue weighted by molar-refractivity contribution is -0.133. The fourth-order valence-electron chi connectivity index (χ4n) is 3.58. The molecule has 0 spiro atoms. The van der Waals surface area contributed by atoms with Crippen molar-refractivity contribution in [1.29, 1.82) is 0 Å². The molecule has 1 heterocycles. The summed E-state index contributed by atoms with van der Waals surface area (Å²) in [6.07, 6.45) is 2.98. The molecular weight excluding hydrogens is 326 g/mol. The fraction of sp³-hybridized carbons (Fsp3) is 0.500. The molecule has 1 saturated carbocycles. The number of ether oxygens (including phenoxy) is 1. The zero-order valence-electron chi connectivity index (χ0n) is 13.8. The van der Waals surface area contributed by atoms with Crippen LogP contribution in [0, 0.1) is 5.92 Å². The maximum absolute atomic E-state index is 12.9. The number of carbonyl (C=O) groups excluding carboxylic acids is 1. The summed E-state index contributed by atoms with van der Waals surface area (Å²) in [5, 5.41) is 0. The summed E-state index contributed by atoms with van der Waals surface area (Å²) in [4.78, 5) is 14.6. The molecule has 0 unspecified atom stereocenters. The van der Waals surface area contributed by atoms with E-state index < -0.39 is 9.84 Å². The van der Waals surface area contributed by atoms with Crippen LogP contribution in [0.15, 0.2) is 36.9 Å². The standard InChI is InChI=1S/C18H23NO4S/c1-3-9-19(13-8-10-24(21,22)12-13)18(20)16-11-15(16)14-6-4-5-7-17(14)23-2/h3-7,13,15-16H,1,8-12H2,2H3/t13-,15-,16-/m1/s1. The number of hydrogen-bond donors (Lipinski definition) is 0. The Kier molecular flexibility index (Phi) is 4.67. The molecule has 1 aromatic rings. The Balaban J connectivity index is 1.74. The van der Waals surface area contributed by atoms with E-state index in [1.165, 1.54) is 0 Å². The molecule has 2 aliphatic rings. The van der Waals surface area contributed by atoms with Gasteiger partial charge < -0.3 is 9.64 Å². The van der Waals surface area contributed by atoms with Crippen LogP contribution in [0.4, 0.5) is 0 Å². The molecular formula is C18H23NO4S. The first kappa shape index (κ1) is 17.0. The highest BCUT2D eigenvalue weighted by Crippen LogP contribution is 2.51. The fourth-order valence-corrected chi connectivity index (χ4v) is 5.31. The summed E-state index contributed by atoms with van der Waals surface area (Å²) < 4.78 is 28.9. The first-order chi connectivity index (χ1) is 11.5. The van der Waals surface area contributed by atoms with Gasteiger partial charge in [-0.3, -0.25) is 4.79 Å². The van der Waals surface area contributed by atoms with Crippen molar-refractivity contribution in [2.75, 3.05) is 25.2 Å². The Morgan fingerprint density at radius 2 is 2.17 bits per heavy atom. The molecule has 1 amide bonds. The smallest absolute Gasteiger partial charge is 0.226 e. The van der Waals surface area contributed by atoms with Crippen LogP contribution in [0.2, 0.25) is 0 Å². The molecule has 0 N–H and O–H groups in total. The molecule has 2 fully saturated rings. The van der Waals surface area contributed by atoms with E-state index in [9.17, 15) is 13.2 Å². The Labute approximate surface area is 143 Å². The SMILES string of the molecule is C=CCN(C(=O)[C@@H]1C[C@@H]1c1ccccc1OC)[C@@H]1CCS(=O)(=O)C1. The lowest BCUT2D eigenvalue weighted by Crippen LogP contribution is -2.42. The summed E-state index contributed by atoms with van der Waals surface area (Å²) in [5.74, 6) is 1.13. The van der Waals surface area contributed by atoms with Crippen molar-refractivity contribution in [3.05, 3.63) is 42.5 Å². The molecule has 130 valence electrons. The van der Waals surface area contributed by atoms with E-state index in [0.29, 0.717) is 13.0 Å². The zero-order chi connectivity index (χ0) is 17.3. The van der Waals surface area contributed by atoms with E-state index in [1.54, 1.807) is 18.1 Å². The summed E-state index contributed by atoms with van der Waals surface area (Å²) in [6, 6.07) is 7.53. The lowest BCUT2D eigenvalue weighted by Gasteiger charge is -2.27. The number of amides is 1. The number of carbonyl (C=O) groups is 1. The van der Waals surface area contributed by atoms with Gasteiger partial charge in [0.05, 0.1) is 18.6 Å². The second-order valence-corrected chi connectivity index (χ2v) is 8.76. The van der Waals surface area contributed by atoms with Crippen molar-refractivity contribution in [2.24, 2.45) is 5.92 Å². The Morgan fingerprint density at radius 3 is 2.79 bits per heavy atom. The van der Waals surface area contributed by atoms with Gasteiger partial charge in [0, 0.05) is 18.5 Å². The third-order valence-electron chi connectivity index (χ3n) is 4.90. The van der Waals surface area contributed by atoms with Crippen molar-refractivity contribution in [2.45, 2.75) is 24.8 Å². The number of methoxy groups -OCH3 is 1. The van der Waals surface area contributed by atoms with Crippen LogP contribution in [0.5, 0.6) is 5.75 Å². The minimum Gasteiger partial charge on any atom is -0.496 e. The van der Waals surface area contributed by atoms with Crippen LogP contribution in [0.3, 0.4) is 0 Å². The van der Waals surface area contributed by atoms with Crippen molar-refractivity contribution < 1.29 is 17.9 Å². The van der Waals surface area contributed by atoms with Crippen LogP contribution in [0.1, 0.15) is 24.3 Å². The van der Waals surface area contributed by atoms with Gasteiger partial charge in [-0.25, -0.2) is 8.42 Å². The number of para-hydroxylation sites is 1. The van der Waals surface area contributed by atoms with Gasteiger partial charge in [-0.2, -0.15) is 0 Å². The van der Waals surface area contributed by atoms with Crippen molar-refractivity contribution in [3.8, 4) is 5.75 Å². The highest BCUT2D eigenvalue weighted by Gasteiger charge is 2.48. The highest BCUT2D eigenvalue weighted by atomic mass is 32.2. The second kappa shape index (κ2) is 6.59. The molecule has 0 radical (unpaired) electrons.